The lowest BCUT2D eigenvalue weighted by atomic mass is 10.1. The summed E-state index contributed by atoms with van der Waals surface area (Å²) in [6.07, 6.45) is 5.71. The maximum atomic E-state index is 11.6. The molecule has 5 rings (SSSR count). The number of rotatable bonds is 8. The van der Waals surface area contributed by atoms with E-state index in [0.29, 0.717) is 11.3 Å². The molecule has 8 nitrogen and oxygen atoms in total. The van der Waals surface area contributed by atoms with Crippen LogP contribution in [0.4, 0.5) is 5.69 Å². The number of aromatic amines is 1. The molecule has 0 radical (unpaired) electrons. The van der Waals surface area contributed by atoms with E-state index in [4.69, 9.17) is 10.5 Å². The number of nitrogens with zero attached hydrogens (tertiary/aromatic N) is 4. The number of fused-ring (bicyclic) bond motifs is 1. The van der Waals surface area contributed by atoms with Crippen LogP contribution in [0.3, 0.4) is 0 Å². The lowest BCUT2D eigenvalue weighted by Crippen LogP contribution is -2.46. The second-order valence-electron chi connectivity index (χ2n) is 8.93. The molecule has 0 spiro atoms. The summed E-state index contributed by atoms with van der Waals surface area (Å²) in [5, 5.41) is 10.3. The SMILES string of the molecule is CC.N#Cc1ccc2[nH]cc(CCCN3CCN(c4ccc(Oc5ncccc5C(N)=O)cc4)CC3)c2c1. The van der Waals surface area contributed by atoms with Gasteiger partial charge in [-0.25, -0.2) is 4.98 Å². The van der Waals surface area contributed by atoms with Gasteiger partial charge >= 0.3 is 0 Å². The molecule has 1 fully saturated rings. The fraction of sp³-hybridized carbons (Fsp3) is 0.300. The van der Waals surface area contributed by atoms with Gasteiger partial charge in [0.15, 0.2) is 0 Å². The van der Waals surface area contributed by atoms with Gasteiger partial charge in [0.2, 0.25) is 5.88 Å². The maximum absolute atomic E-state index is 11.6. The Morgan fingerprint density at radius 3 is 2.58 bits per heavy atom. The molecule has 2 aromatic carbocycles. The van der Waals surface area contributed by atoms with Gasteiger partial charge in [-0.2, -0.15) is 5.26 Å². The number of hydrogen-bond donors (Lipinski definition) is 2. The Kier molecular flexibility index (Phi) is 8.96. The number of anilines is 1. The molecule has 38 heavy (non-hydrogen) atoms. The molecule has 0 bridgehead atoms. The van der Waals surface area contributed by atoms with Gasteiger partial charge < -0.3 is 20.4 Å². The standard InChI is InChI=1S/C28H28N6O2.C2H6/c29-18-20-5-10-26-25(17-20)21(19-32-26)3-2-12-33-13-15-34(16-14-33)22-6-8-23(9-7-22)36-28-24(27(30)35)4-1-11-31-28;1-2/h1,4-11,17,19,32H,2-3,12-16H2,(H2,30,35);1-2H3. The Labute approximate surface area is 223 Å². The van der Waals surface area contributed by atoms with Gasteiger partial charge in [0.25, 0.3) is 5.91 Å². The van der Waals surface area contributed by atoms with E-state index in [0.717, 1.165) is 62.2 Å². The minimum absolute atomic E-state index is 0.213. The van der Waals surface area contributed by atoms with Crippen LogP contribution < -0.4 is 15.4 Å². The van der Waals surface area contributed by atoms with Crippen LogP contribution in [0, 0.1) is 11.3 Å². The summed E-state index contributed by atoms with van der Waals surface area (Å²) in [5.74, 6) is 0.254. The summed E-state index contributed by atoms with van der Waals surface area (Å²) in [4.78, 5) is 23.9. The number of benzene rings is 2. The molecule has 3 N–H and O–H groups in total. The van der Waals surface area contributed by atoms with Gasteiger partial charge in [-0.1, -0.05) is 13.8 Å². The Balaban J connectivity index is 0.00000164. The number of carbonyl (C=O) groups is 1. The number of nitriles is 1. The minimum Gasteiger partial charge on any atom is -0.438 e. The summed E-state index contributed by atoms with van der Waals surface area (Å²) in [7, 11) is 0. The number of nitrogens with two attached hydrogens (primary N) is 1. The normalized spacial score (nSPS) is 13.4. The first-order chi connectivity index (χ1) is 18.6. The fourth-order valence-electron chi connectivity index (χ4n) is 4.67. The summed E-state index contributed by atoms with van der Waals surface area (Å²) >= 11 is 0. The van der Waals surface area contributed by atoms with Crippen molar-refractivity contribution in [2.24, 2.45) is 5.73 Å². The number of hydrogen-bond acceptors (Lipinski definition) is 6. The number of nitrogens with one attached hydrogen (secondary N) is 1. The van der Waals surface area contributed by atoms with Gasteiger partial charge in [0.1, 0.15) is 11.3 Å². The third-order valence-corrected chi connectivity index (χ3v) is 6.64. The number of primary amides is 1. The molecule has 0 aliphatic carbocycles. The highest BCUT2D eigenvalue weighted by atomic mass is 16.5. The fourth-order valence-corrected chi connectivity index (χ4v) is 4.67. The zero-order valence-corrected chi connectivity index (χ0v) is 22.0. The van der Waals surface area contributed by atoms with Crippen LogP contribution in [0.1, 0.15) is 41.8 Å². The molecular weight excluding hydrogens is 476 g/mol. The van der Waals surface area contributed by atoms with E-state index in [2.05, 4.69) is 32.0 Å². The first-order valence-electron chi connectivity index (χ1n) is 13.1. The zero-order chi connectivity index (χ0) is 26.9. The number of pyridine rings is 1. The average Bonchev–Trinajstić information content (AvgIpc) is 3.37. The lowest BCUT2D eigenvalue weighted by Gasteiger charge is -2.36. The van der Waals surface area contributed by atoms with E-state index in [1.807, 2.05) is 56.3 Å². The Hall–Kier alpha value is -4.35. The van der Waals surface area contributed by atoms with E-state index >= 15 is 0 Å². The van der Waals surface area contributed by atoms with Crippen LogP contribution in [0.15, 0.2) is 67.0 Å². The topological polar surface area (TPSA) is 111 Å². The number of aromatic nitrogens is 2. The van der Waals surface area contributed by atoms with Crippen LogP contribution in [0.2, 0.25) is 0 Å². The van der Waals surface area contributed by atoms with Crippen LogP contribution in [-0.4, -0.2) is 53.5 Å². The first kappa shape index (κ1) is 26.7. The molecule has 1 amide bonds. The number of ether oxygens (including phenoxy) is 1. The highest BCUT2D eigenvalue weighted by Crippen LogP contribution is 2.26. The number of piperazine rings is 1. The van der Waals surface area contributed by atoms with Crippen molar-refractivity contribution in [2.75, 3.05) is 37.6 Å². The van der Waals surface area contributed by atoms with E-state index in [9.17, 15) is 10.1 Å². The molecular formula is C30H34N6O2. The first-order valence-corrected chi connectivity index (χ1v) is 13.1. The number of aryl methyl sites for hydroxylation is 1. The Morgan fingerprint density at radius 1 is 1.11 bits per heavy atom. The van der Waals surface area contributed by atoms with Gasteiger partial charge in [0.05, 0.1) is 11.6 Å². The van der Waals surface area contributed by atoms with Crippen molar-refractivity contribution in [1.82, 2.24) is 14.9 Å². The molecule has 3 heterocycles. The summed E-state index contributed by atoms with van der Waals surface area (Å²) in [6, 6.07) is 19.1. The van der Waals surface area contributed by atoms with Crippen LogP contribution in [0.5, 0.6) is 11.6 Å². The lowest BCUT2D eigenvalue weighted by molar-refractivity contribution is 0.0997. The van der Waals surface area contributed by atoms with Crippen molar-refractivity contribution in [3.63, 3.8) is 0 Å². The second kappa shape index (κ2) is 12.7. The summed E-state index contributed by atoms with van der Waals surface area (Å²) in [6.45, 7) is 9.01. The Bertz CT molecular complexity index is 1400. The van der Waals surface area contributed by atoms with E-state index < -0.39 is 5.91 Å². The van der Waals surface area contributed by atoms with Crippen molar-refractivity contribution in [3.05, 3.63) is 83.7 Å². The van der Waals surface area contributed by atoms with E-state index in [-0.39, 0.29) is 11.4 Å². The van der Waals surface area contributed by atoms with Gasteiger partial charge in [-0.3, -0.25) is 9.69 Å². The third kappa shape index (κ3) is 6.31. The Morgan fingerprint density at radius 2 is 1.87 bits per heavy atom. The molecule has 0 atom stereocenters. The van der Waals surface area contributed by atoms with Crippen molar-refractivity contribution >= 4 is 22.5 Å². The monoisotopic (exact) mass is 510 g/mol. The highest BCUT2D eigenvalue weighted by molar-refractivity contribution is 5.95. The molecule has 2 aromatic heterocycles. The molecule has 196 valence electrons. The van der Waals surface area contributed by atoms with Gasteiger partial charge in [0, 0.05) is 55.2 Å². The van der Waals surface area contributed by atoms with Crippen molar-refractivity contribution in [2.45, 2.75) is 26.7 Å². The van der Waals surface area contributed by atoms with E-state index in [1.165, 1.54) is 5.56 Å². The third-order valence-electron chi connectivity index (χ3n) is 6.64. The smallest absolute Gasteiger partial charge is 0.254 e. The quantitative estimate of drug-likeness (QED) is 0.341. The van der Waals surface area contributed by atoms with Crippen molar-refractivity contribution in [3.8, 4) is 17.7 Å². The van der Waals surface area contributed by atoms with Crippen LogP contribution in [-0.2, 0) is 6.42 Å². The summed E-state index contributed by atoms with van der Waals surface area (Å²) < 4.78 is 5.79. The molecule has 0 saturated carbocycles. The zero-order valence-electron chi connectivity index (χ0n) is 22.0. The predicted molar refractivity (Wildman–Crippen MR) is 151 cm³/mol. The molecule has 8 heteroatoms. The molecule has 4 aromatic rings. The van der Waals surface area contributed by atoms with Crippen molar-refractivity contribution in [1.29, 1.82) is 5.26 Å². The predicted octanol–water partition coefficient (Wildman–Crippen LogP) is 5.11. The van der Waals surface area contributed by atoms with Crippen molar-refractivity contribution < 1.29 is 9.53 Å². The van der Waals surface area contributed by atoms with Crippen LogP contribution >= 0.6 is 0 Å². The van der Waals surface area contributed by atoms with Gasteiger partial charge in [-0.05, 0) is 79.5 Å². The molecule has 0 unspecified atom stereocenters. The van der Waals surface area contributed by atoms with Crippen LogP contribution in [0.25, 0.3) is 10.9 Å². The average molecular weight is 511 g/mol. The largest absolute Gasteiger partial charge is 0.438 e. The van der Waals surface area contributed by atoms with Gasteiger partial charge in [-0.15, -0.1) is 0 Å². The molecule has 1 aliphatic heterocycles. The number of amides is 1. The molecule has 1 saturated heterocycles. The second-order valence-corrected chi connectivity index (χ2v) is 8.93. The summed E-state index contributed by atoms with van der Waals surface area (Å²) in [5.41, 5.74) is 9.87. The molecule has 1 aliphatic rings. The highest BCUT2D eigenvalue weighted by Gasteiger charge is 2.18. The maximum Gasteiger partial charge on any atom is 0.254 e. The van der Waals surface area contributed by atoms with E-state index in [1.54, 1.807) is 18.3 Å². The number of carbonyl (C=O) groups excluding carboxylic acids is 1. The minimum atomic E-state index is -0.567. The number of H-pyrrole nitrogens is 1.